The smallest absolute Gasteiger partial charge is 0.0715 e. The van der Waals surface area contributed by atoms with E-state index >= 15 is 0 Å². The van der Waals surface area contributed by atoms with E-state index in [1.807, 2.05) is 0 Å². The molecule has 1 atom stereocenters. The first kappa shape index (κ1) is 16.9. The van der Waals surface area contributed by atoms with Gasteiger partial charge in [-0.05, 0) is 18.3 Å². The molecular formula is C14H31NO2. The molecule has 1 unspecified atom stereocenters. The molecule has 3 heteroatoms. The minimum Gasteiger partial charge on any atom is -0.391 e. The van der Waals surface area contributed by atoms with Gasteiger partial charge in [-0.1, -0.05) is 34.6 Å². The van der Waals surface area contributed by atoms with Crippen LogP contribution in [-0.2, 0) is 4.74 Å². The maximum Gasteiger partial charge on any atom is 0.0715 e. The highest BCUT2D eigenvalue weighted by Gasteiger charge is 2.26. The number of aliphatic hydroxyl groups excluding tert-OH is 1. The second kappa shape index (κ2) is 8.06. The predicted octanol–water partition coefficient (Wildman–Crippen LogP) is 2.53. The van der Waals surface area contributed by atoms with Gasteiger partial charge in [0.1, 0.15) is 0 Å². The molecule has 0 spiro atoms. The van der Waals surface area contributed by atoms with Crippen LogP contribution in [0.15, 0.2) is 0 Å². The van der Waals surface area contributed by atoms with Gasteiger partial charge in [0.25, 0.3) is 0 Å². The Morgan fingerprint density at radius 1 is 1.18 bits per heavy atom. The zero-order valence-corrected chi connectivity index (χ0v) is 12.5. The van der Waals surface area contributed by atoms with Crippen LogP contribution in [0.4, 0.5) is 0 Å². The number of rotatable bonds is 8. The number of nitrogens with zero attached hydrogens (tertiary/aromatic N) is 1. The van der Waals surface area contributed by atoms with Crippen molar-refractivity contribution in [3.8, 4) is 0 Å². The zero-order chi connectivity index (χ0) is 13.5. The standard InChI is InChI=1S/C14H31NO2/c1-7-12(8-2)15(9-10-17-6)11-13(16)14(3,4)5/h12-13,16H,7-11H2,1-6H3. The fourth-order valence-electron chi connectivity index (χ4n) is 1.93. The molecule has 0 saturated heterocycles. The van der Waals surface area contributed by atoms with E-state index in [1.165, 1.54) is 0 Å². The first-order valence-electron chi connectivity index (χ1n) is 6.77. The monoisotopic (exact) mass is 245 g/mol. The summed E-state index contributed by atoms with van der Waals surface area (Å²) in [6.45, 7) is 13.0. The molecule has 0 bridgehead atoms. The van der Waals surface area contributed by atoms with Crippen LogP contribution in [0.2, 0.25) is 0 Å². The molecule has 1 N–H and O–H groups in total. The number of hydrogen-bond donors (Lipinski definition) is 1. The first-order valence-corrected chi connectivity index (χ1v) is 6.77. The molecule has 17 heavy (non-hydrogen) atoms. The van der Waals surface area contributed by atoms with E-state index < -0.39 is 0 Å². The molecule has 0 aliphatic carbocycles. The van der Waals surface area contributed by atoms with Gasteiger partial charge in [0.15, 0.2) is 0 Å². The molecular weight excluding hydrogens is 214 g/mol. The second-order valence-corrected chi connectivity index (χ2v) is 5.84. The van der Waals surface area contributed by atoms with Gasteiger partial charge >= 0.3 is 0 Å². The molecule has 0 aromatic carbocycles. The lowest BCUT2D eigenvalue weighted by atomic mass is 9.88. The number of methoxy groups -OCH3 is 1. The van der Waals surface area contributed by atoms with Crippen LogP contribution < -0.4 is 0 Å². The van der Waals surface area contributed by atoms with Crippen LogP contribution in [0.5, 0.6) is 0 Å². The third-order valence-electron chi connectivity index (χ3n) is 3.45. The lowest BCUT2D eigenvalue weighted by Crippen LogP contribution is -2.45. The van der Waals surface area contributed by atoms with Gasteiger partial charge in [0.2, 0.25) is 0 Å². The Morgan fingerprint density at radius 2 is 1.71 bits per heavy atom. The number of aliphatic hydroxyl groups is 1. The summed E-state index contributed by atoms with van der Waals surface area (Å²) in [7, 11) is 1.73. The fraction of sp³-hybridized carbons (Fsp3) is 1.00. The first-order chi connectivity index (χ1) is 7.86. The highest BCUT2D eigenvalue weighted by atomic mass is 16.5. The van der Waals surface area contributed by atoms with Crippen molar-refractivity contribution in [3.63, 3.8) is 0 Å². The molecule has 0 aromatic heterocycles. The lowest BCUT2D eigenvalue weighted by Gasteiger charge is -2.36. The van der Waals surface area contributed by atoms with E-state index in [0.717, 1.165) is 32.5 Å². The number of hydrogen-bond acceptors (Lipinski definition) is 3. The van der Waals surface area contributed by atoms with Crippen molar-refractivity contribution in [3.05, 3.63) is 0 Å². The van der Waals surface area contributed by atoms with E-state index in [9.17, 15) is 5.11 Å². The minimum absolute atomic E-state index is 0.0582. The van der Waals surface area contributed by atoms with Crippen molar-refractivity contribution in [1.29, 1.82) is 0 Å². The van der Waals surface area contributed by atoms with Gasteiger partial charge in [-0.15, -0.1) is 0 Å². The topological polar surface area (TPSA) is 32.7 Å². The van der Waals surface area contributed by atoms with Gasteiger partial charge in [-0.25, -0.2) is 0 Å². The van der Waals surface area contributed by atoms with Crippen LogP contribution in [0, 0.1) is 5.41 Å². The van der Waals surface area contributed by atoms with E-state index in [-0.39, 0.29) is 11.5 Å². The summed E-state index contributed by atoms with van der Waals surface area (Å²) in [4.78, 5) is 2.36. The van der Waals surface area contributed by atoms with Gasteiger partial charge in [-0.2, -0.15) is 0 Å². The van der Waals surface area contributed by atoms with Crippen LogP contribution in [-0.4, -0.2) is 49.0 Å². The average molecular weight is 245 g/mol. The highest BCUT2D eigenvalue weighted by Crippen LogP contribution is 2.21. The Labute approximate surface area is 107 Å². The summed E-state index contributed by atoms with van der Waals surface area (Å²) in [6.07, 6.45) is 1.95. The maximum absolute atomic E-state index is 10.2. The normalized spacial score (nSPS) is 14.6. The largest absolute Gasteiger partial charge is 0.391 e. The van der Waals surface area contributed by atoms with E-state index in [2.05, 4.69) is 39.5 Å². The highest BCUT2D eigenvalue weighted by molar-refractivity contribution is 4.79. The Hall–Kier alpha value is -0.120. The van der Waals surface area contributed by atoms with Gasteiger partial charge in [0.05, 0.1) is 12.7 Å². The van der Waals surface area contributed by atoms with Crippen LogP contribution in [0.1, 0.15) is 47.5 Å². The van der Waals surface area contributed by atoms with Gasteiger partial charge in [-0.3, -0.25) is 4.90 Å². The third-order valence-corrected chi connectivity index (χ3v) is 3.45. The fourth-order valence-corrected chi connectivity index (χ4v) is 1.93. The summed E-state index contributed by atoms with van der Waals surface area (Å²) in [6, 6.07) is 0.544. The molecule has 3 nitrogen and oxygen atoms in total. The minimum atomic E-state index is -0.292. The molecule has 0 amide bonds. The van der Waals surface area contributed by atoms with E-state index in [1.54, 1.807) is 7.11 Å². The summed E-state index contributed by atoms with van der Waals surface area (Å²) in [5.74, 6) is 0. The third kappa shape index (κ3) is 6.39. The van der Waals surface area contributed by atoms with Crippen LogP contribution >= 0.6 is 0 Å². The van der Waals surface area contributed by atoms with Crippen molar-refractivity contribution in [2.45, 2.75) is 59.6 Å². The van der Waals surface area contributed by atoms with Crippen molar-refractivity contribution < 1.29 is 9.84 Å². The average Bonchev–Trinajstić information content (AvgIpc) is 2.25. The van der Waals surface area contributed by atoms with Crippen molar-refractivity contribution >= 4 is 0 Å². The van der Waals surface area contributed by atoms with Crippen molar-refractivity contribution in [2.24, 2.45) is 5.41 Å². The van der Waals surface area contributed by atoms with E-state index in [0.29, 0.717) is 6.04 Å². The molecule has 0 aromatic rings. The molecule has 0 aliphatic heterocycles. The van der Waals surface area contributed by atoms with Crippen LogP contribution in [0.25, 0.3) is 0 Å². The molecule has 0 fully saturated rings. The Kier molecular flexibility index (Phi) is 8.01. The lowest BCUT2D eigenvalue weighted by molar-refractivity contribution is 0.00625. The second-order valence-electron chi connectivity index (χ2n) is 5.84. The summed E-state index contributed by atoms with van der Waals surface area (Å²) in [5.41, 5.74) is -0.0582. The van der Waals surface area contributed by atoms with Crippen molar-refractivity contribution in [2.75, 3.05) is 26.8 Å². The molecule has 0 aliphatic rings. The zero-order valence-electron chi connectivity index (χ0n) is 12.5. The Bertz CT molecular complexity index is 185. The molecule has 0 heterocycles. The molecule has 0 radical (unpaired) electrons. The predicted molar refractivity (Wildman–Crippen MR) is 73.3 cm³/mol. The summed E-state index contributed by atoms with van der Waals surface area (Å²) >= 11 is 0. The maximum atomic E-state index is 10.2. The van der Waals surface area contributed by atoms with Crippen LogP contribution in [0.3, 0.4) is 0 Å². The quantitative estimate of drug-likeness (QED) is 0.713. The van der Waals surface area contributed by atoms with Crippen molar-refractivity contribution in [1.82, 2.24) is 4.90 Å². The summed E-state index contributed by atoms with van der Waals surface area (Å²) in [5, 5.41) is 10.2. The molecule has 104 valence electrons. The van der Waals surface area contributed by atoms with E-state index in [4.69, 9.17) is 4.74 Å². The van der Waals surface area contributed by atoms with Gasteiger partial charge in [0, 0.05) is 26.2 Å². The SMILES string of the molecule is CCC(CC)N(CCOC)CC(O)C(C)(C)C. The Balaban J connectivity index is 4.46. The number of ether oxygens (including phenoxy) is 1. The summed E-state index contributed by atoms with van der Waals surface area (Å²) < 4.78 is 5.16. The molecule has 0 saturated carbocycles. The molecule has 0 rings (SSSR count). The van der Waals surface area contributed by atoms with Gasteiger partial charge < -0.3 is 9.84 Å². The Morgan fingerprint density at radius 3 is 2.06 bits per heavy atom.